The minimum absolute atomic E-state index is 0.327. The zero-order chi connectivity index (χ0) is 15.8. The molecule has 1 aliphatic heterocycles. The zero-order valence-electron chi connectivity index (χ0n) is 11.3. The molecule has 0 aromatic heterocycles. The number of hydrogen-bond donors (Lipinski definition) is 0. The van der Waals surface area contributed by atoms with Crippen LogP contribution in [0.2, 0.25) is 5.02 Å². The fourth-order valence-electron chi connectivity index (χ4n) is 2.26. The summed E-state index contributed by atoms with van der Waals surface area (Å²) in [5, 5.41) is -0.506. The van der Waals surface area contributed by atoms with Crippen molar-refractivity contribution in [2.45, 2.75) is 30.8 Å². The Morgan fingerprint density at radius 3 is 2.33 bits per heavy atom. The first-order chi connectivity index (χ1) is 9.62. The molecule has 3 nitrogen and oxygen atoms in total. The van der Waals surface area contributed by atoms with E-state index < -0.39 is 26.8 Å². The first-order valence-electron chi connectivity index (χ1n) is 6.49. The molecule has 0 N–H and O–H groups in total. The molecule has 0 unspecified atom stereocenters. The summed E-state index contributed by atoms with van der Waals surface area (Å²) in [6, 6.07) is 2.70. The van der Waals surface area contributed by atoms with Gasteiger partial charge in [0.25, 0.3) is 0 Å². The van der Waals surface area contributed by atoms with Crippen LogP contribution in [0.25, 0.3) is 0 Å². The van der Waals surface area contributed by atoms with E-state index in [1.54, 1.807) is 0 Å². The summed E-state index contributed by atoms with van der Waals surface area (Å²) in [7, 11) is -3.91. The molecule has 118 valence electrons. The van der Waals surface area contributed by atoms with E-state index in [1.165, 1.54) is 4.31 Å². The van der Waals surface area contributed by atoms with Crippen LogP contribution in [0.5, 0.6) is 0 Å². The van der Waals surface area contributed by atoms with Gasteiger partial charge in [-0.15, -0.1) is 0 Å². The van der Waals surface area contributed by atoms with Crippen molar-refractivity contribution in [1.82, 2.24) is 4.31 Å². The molecule has 0 amide bonds. The predicted molar refractivity (Wildman–Crippen MR) is 73.6 cm³/mol. The summed E-state index contributed by atoms with van der Waals surface area (Å²) in [6.07, 6.45) is -3.27. The van der Waals surface area contributed by atoms with E-state index in [4.69, 9.17) is 11.6 Å². The SMILES string of the molecule is CC1CCN(S(=O)(=O)c2ccc(Cl)c(C(F)(F)F)c2)CC1. The lowest BCUT2D eigenvalue weighted by Crippen LogP contribution is -2.37. The molecular formula is C13H15ClF3NO2S. The van der Waals surface area contributed by atoms with Crippen LogP contribution in [0.15, 0.2) is 23.1 Å². The molecule has 0 atom stereocenters. The minimum Gasteiger partial charge on any atom is -0.207 e. The monoisotopic (exact) mass is 341 g/mol. The van der Waals surface area contributed by atoms with Crippen molar-refractivity contribution in [3.63, 3.8) is 0 Å². The first kappa shape index (κ1) is 16.6. The van der Waals surface area contributed by atoms with Crippen LogP contribution in [0.3, 0.4) is 0 Å². The molecule has 8 heteroatoms. The van der Waals surface area contributed by atoms with E-state index in [9.17, 15) is 21.6 Å². The van der Waals surface area contributed by atoms with E-state index in [-0.39, 0.29) is 4.90 Å². The highest BCUT2D eigenvalue weighted by Crippen LogP contribution is 2.36. The van der Waals surface area contributed by atoms with E-state index in [2.05, 4.69) is 0 Å². The minimum atomic E-state index is -4.68. The maximum Gasteiger partial charge on any atom is 0.417 e. The molecule has 0 radical (unpaired) electrons. The van der Waals surface area contributed by atoms with Gasteiger partial charge < -0.3 is 0 Å². The van der Waals surface area contributed by atoms with Crippen molar-refractivity contribution in [3.05, 3.63) is 28.8 Å². The van der Waals surface area contributed by atoms with Gasteiger partial charge in [0, 0.05) is 13.1 Å². The van der Waals surface area contributed by atoms with Gasteiger partial charge in [-0.25, -0.2) is 8.42 Å². The molecule has 2 rings (SSSR count). The van der Waals surface area contributed by atoms with Crippen molar-refractivity contribution < 1.29 is 21.6 Å². The Hall–Kier alpha value is -0.790. The van der Waals surface area contributed by atoms with Gasteiger partial charge in [0.2, 0.25) is 10.0 Å². The van der Waals surface area contributed by atoms with Crippen LogP contribution in [0.4, 0.5) is 13.2 Å². The highest BCUT2D eigenvalue weighted by Gasteiger charge is 2.36. The molecule has 1 aromatic rings. The number of alkyl halides is 3. The van der Waals surface area contributed by atoms with Crippen LogP contribution < -0.4 is 0 Å². The fraction of sp³-hybridized carbons (Fsp3) is 0.538. The Morgan fingerprint density at radius 1 is 1.24 bits per heavy atom. The van der Waals surface area contributed by atoms with E-state index in [0.29, 0.717) is 37.9 Å². The quantitative estimate of drug-likeness (QED) is 0.821. The molecule has 1 fully saturated rings. The largest absolute Gasteiger partial charge is 0.417 e. The van der Waals surface area contributed by atoms with Gasteiger partial charge in [-0.3, -0.25) is 0 Å². The molecule has 1 heterocycles. The van der Waals surface area contributed by atoms with Gasteiger partial charge in [-0.2, -0.15) is 17.5 Å². The molecule has 0 aliphatic carbocycles. The van der Waals surface area contributed by atoms with E-state index in [0.717, 1.165) is 12.1 Å². The number of sulfonamides is 1. The highest BCUT2D eigenvalue weighted by molar-refractivity contribution is 7.89. The lowest BCUT2D eigenvalue weighted by Gasteiger charge is -2.29. The topological polar surface area (TPSA) is 37.4 Å². The summed E-state index contributed by atoms with van der Waals surface area (Å²) < 4.78 is 64.5. The van der Waals surface area contributed by atoms with Crippen molar-refractivity contribution >= 4 is 21.6 Å². The maximum atomic E-state index is 12.8. The summed E-state index contributed by atoms with van der Waals surface area (Å²) in [5.41, 5.74) is -1.13. The second-order valence-corrected chi connectivity index (χ2v) is 7.57. The van der Waals surface area contributed by atoms with Crippen LogP contribution in [0.1, 0.15) is 25.3 Å². The third-order valence-corrected chi connectivity index (χ3v) is 5.85. The molecule has 1 aromatic carbocycles. The standard InChI is InChI=1S/C13H15ClF3NO2S/c1-9-4-6-18(7-5-9)21(19,20)10-2-3-12(14)11(8-10)13(15,16)17/h2-3,8-9H,4-7H2,1H3. The summed E-state index contributed by atoms with van der Waals surface area (Å²) >= 11 is 5.51. The molecule has 21 heavy (non-hydrogen) atoms. The molecular weight excluding hydrogens is 327 g/mol. The van der Waals surface area contributed by atoms with Crippen LogP contribution in [-0.4, -0.2) is 25.8 Å². The molecule has 0 saturated carbocycles. The molecule has 1 saturated heterocycles. The average Bonchev–Trinajstić information content (AvgIpc) is 2.38. The van der Waals surface area contributed by atoms with Gasteiger partial charge in [0.05, 0.1) is 15.5 Å². The lowest BCUT2D eigenvalue weighted by atomic mass is 10.0. The number of halogens is 4. The van der Waals surface area contributed by atoms with Gasteiger partial charge in [0.1, 0.15) is 0 Å². The second kappa shape index (κ2) is 5.78. The Labute approximate surface area is 126 Å². The number of nitrogens with zero attached hydrogens (tertiary/aromatic N) is 1. The number of rotatable bonds is 2. The normalized spacial score (nSPS) is 18.9. The van der Waals surface area contributed by atoms with Gasteiger partial charge in [-0.1, -0.05) is 18.5 Å². The van der Waals surface area contributed by atoms with Gasteiger partial charge >= 0.3 is 6.18 Å². The second-order valence-electron chi connectivity index (χ2n) is 5.23. The highest BCUT2D eigenvalue weighted by atomic mass is 35.5. The summed E-state index contributed by atoms with van der Waals surface area (Å²) in [6.45, 7) is 2.68. The number of benzene rings is 1. The van der Waals surface area contributed by atoms with Gasteiger partial charge in [-0.05, 0) is 37.0 Å². The average molecular weight is 342 g/mol. The predicted octanol–water partition coefficient (Wildman–Crippen LogP) is 3.78. The van der Waals surface area contributed by atoms with Crippen LogP contribution in [-0.2, 0) is 16.2 Å². The fourth-order valence-corrected chi connectivity index (χ4v) is 3.98. The van der Waals surface area contributed by atoms with Gasteiger partial charge in [0.15, 0.2) is 0 Å². The third-order valence-electron chi connectivity index (χ3n) is 3.62. The summed E-state index contributed by atoms with van der Waals surface area (Å²) in [5.74, 6) is 0.424. The molecule has 1 aliphatic rings. The Balaban J connectivity index is 2.37. The van der Waals surface area contributed by atoms with E-state index >= 15 is 0 Å². The summed E-state index contributed by atoms with van der Waals surface area (Å²) in [4.78, 5) is -0.367. The molecule has 0 spiro atoms. The van der Waals surface area contributed by atoms with E-state index in [1.807, 2.05) is 6.92 Å². The Kier molecular flexibility index (Phi) is 4.56. The first-order valence-corrected chi connectivity index (χ1v) is 8.31. The Morgan fingerprint density at radius 2 is 1.81 bits per heavy atom. The van der Waals surface area contributed by atoms with Crippen molar-refractivity contribution in [3.8, 4) is 0 Å². The van der Waals surface area contributed by atoms with Crippen molar-refractivity contribution in [1.29, 1.82) is 0 Å². The Bertz CT molecular complexity index is 623. The van der Waals surface area contributed by atoms with Crippen molar-refractivity contribution in [2.24, 2.45) is 5.92 Å². The smallest absolute Gasteiger partial charge is 0.207 e. The third kappa shape index (κ3) is 3.52. The number of piperidine rings is 1. The lowest BCUT2D eigenvalue weighted by molar-refractivity contribution is -0.137. The van der Waals surface area contributed by atoms with Crippen LogP contribution >= 0.6 is 11.6 Å². The van der Waals surface area contributed by atoms with Crippen LogP contribution in [0, 0.1) is 5.92 Å². The number of hydrogen-bond acceptors (Lipinski definition) is 2. The van der Waals surface area contributed by atoms with Crippen molar-refractivity contribution in [2.75, 3.05) is 13.1 Å². The zero-order valence-corrected chi connectivity index (χ0v) is 12.9. The molecule has 0 bridgehead atoms. The maximum absolute atomic E-state index is 12.8.